The SMILES string of the molecule is CC1CCC(NCCS(N)(=O)=O)C1C. The van der Waals surface area contributed by atoms with E-state index in [4.69, 9.17) is 5.14 Å². The van der Waals surface area contributed by atoms with Crippen molar-refractivity contribution in [2.24, 2.45) is 17.0 Å². The highest BCUT2D eigenvalue weighted by Crippen LogP contribution is 2.30. The third-order valence-corrected chi connectivity index (χ3v) is 4.03. The van der Waals surface area contributed by atoms with E-state index in [-0.39, 0.29) is 5.75 Å². The lowest BCUT2D eigenvalue weighted by molar-refractivity contribution is 0.376. The molecule has 0 spiro atoms. The van der Waals surface area contributed by atoms with Gasteiger partial charge in [-0.2, -0.15) is 0 Å². The Labute approximate surface area is 86.3 Å². The van der Waals surface area contributed by atoms with Gasteiger partial charge >= 0.3 is 0 Å². The highest BCUT2D eigenvalue weighted by atomic mass is 32.2. The molecule has 3 unspecified atom stereocenters. The maximum atomic E-state index is 10.7. The first-order chi connectivity index (χ1) is 6.40. The van der Waals surface area contributed by atoms with Gasteiger partial charge in [0.1, 0.15) is 0 Å². The second kappa shape index (κ2) is 4.59. The average molecular weight is 220 g/mol. The molecule has 4 nitrogen and oxygen atoms in total. The summed E-state index contributed by atoms with van der Waals surface area (Å²) in [6.45, 7) is 4.93. The van der Waals surface area contributed by atoms with Crippen molar-refractivity contribution >= 4 is 10.0 Å². The van der Waals surface area contributed by atoms with Crippen LogP contribution in [0.5, 0.6) is 0 Å². The molecule has 0 aliphatic heterocycles. The quantitative estimate of drug-likeness (QED) is 0.715. The molecule has 1 rings (SSSR count). The van der Waals surface area contributed by atoms with E-state index >= 15 is 0 Å². The second-order valence-electron chi connectivity index (χ2n) is 4.34. The van der Waals surface area contributed by atoms with Crippen molar-refractivity contribution in [3.8, 4) is 0 Å². The van der Waals surface area contributed by atoms with Gasteiger partial charge in [0.25, 0.3) is 0 Å². The van der Waals surface area contributed by atoms with Crippen molar-refractivity contribution in [1.82, 2.24) is 5.32 Å². The first-order valence-electron chi connectivity index (χ1n) is 5.14. The maximum absolute atomic E-state index is 10.7. The molecule has 0 aromatic carbocycles. The molecular weight excluding hydrogens is 200 g/mol. The van der Waals surface area contributed by atoms with Crippen LogP contribution in [-0.2, 0) is 10.0 Å². The molecule has 0 radical (unpaired) electrons. The van der Waals surface area contributed by atoms with Crippen molar-refractivity contribution < 1.29 is 8.42 Å². The fraction of sp³-hybridized carbons (Fsp3) is 1.00. The maximum Gasteiger partial charge on any atom is 0.210 e. The molecule has 1 fully saturated rings. The van der Waals surface area contributed by atoms with Crippen LogP contribution in [0.4, 0.5) is 0 Å². The molecule has 0 aromatic rings. The smallest absolute Gasteiger partial charge is 0.210 e. The molecule has 14 heavy (non-hydrogen) atoms. The molecule has 3 atom stereocenters. The second-order valence-corrected chi connectivity index (χ2v) is 6.08. The molecule has 1 aliphatic carbocycles. The van der Waals surface area contributed by atoms with Gasteiger partial charge in [0.05, 0.1) is 5.75 Å². The van der Waals surface area contributed by atoms with Crippen LogP contribution in [0.15, 0.2) is 0 Å². The lowest BCUT2D eigenvalue weighted by atomic mass is 9.98. The van der Waals surface area contributed by atoms with Gasteiger partial charge in [-0.25, -0.2) is 13.6 Å². The minimum absolute atomic E-state index is 0.0323. The monoisotopic (exact) mass is 220 g/mol. The molecule has 0 bridgehead atoms. The van der Waals surface area contributed by atoms with E-state index in [0.717, 1.165) is 12.3 Å². The summed E-state index contributed by atoms with van der Waals surface area (Å²) in [4.78, 5) is 0. The first kappa shape index (κ1) is 11.9. The van der Waals surface area contributed by atoms with Gasteiger partial charge < -0.3 is 5.32 Å². The van der Waals surface area contributed by atoms with Crippen LogP contribution in [0.3, 0.4) is 0 Å². The van der Waals surface area contributed by atoms with Crippen molar-refractivity contribution in [3.63, 3.8) is 0 Å². The lowest BCUT2D eigenvalue weighted by Crippen LogP contribution is -2.36. The predicted molar refractivity (Wildman–Crippen MR) is 57.3 cm³/mol. The molecular formula is C9H20N2O2S. The first-order valence-corrected chi connectivity index (χ1v) is 6.85. The Morgan fingerprint density at radius 3 is 2.43 bits per heavy atom. The number of hydrogen-bond acceptors (Lipinski definition) is 3. The molecule has 84 valence electrons. The summed E-state index contributed by atoms with van der Waals surface area (Å²) in [6.07, 6.45) is 2.38. The van der Waals surface area contributed by atoms with Gasteiger partial charge in [-0.15, -0.1) is 0 Å². The summed E-state index contributed by atoms with van der Waals surface area (Å²) in [6, 6.07) is 0.465. The third kappa shape index (κ3) is 3.55. The van der Waals surface area contributed by atoms with Crippen molar-refractivity contribution in [3.05, 3.63) is 0 Å². The van der Waals surface area contributed by atoms with Crippen LogP contribution in [0.1, 0.15) is 26.7 Å². The van der Waals surface area contributed by atoms with Gasteiger partial charge in [-0.1, -0.05) is 13.8 Å². The topological polar surface area (TPSA) is 72.2 Å². The predicted octanol–water partition coefficient (Wildman–Crippen LogP) is 0.299. The fourth-order valence-electron chi connectivity index (χ4n) is 2.04. The molecule has 5 heteroatoms. The largest absolute Gasteiger partial charge is 0.313 e. The Bertz CT molecular complexity index is 277. The normalized spacial score (nSPS) is 33.5. The fourth-order valence-corrected chi connectivity index (χ4v) is 2.44. The zero-order valence-corrected chi connectivity index (χ0v) is 9.68. The standard InChI is InChI=1S/C9H20N2O2S/c1-7-3-4-9(8(7)2)11-5-6-14(10,12)13/h7-9,11H,3-6H2,1-2H3,(H2,10,12,13). The summed E-state index contributed by atoms with van der Waals surface area (Å²) < 4.78 is 21.4. The zero-order valence-electron chi connectivity index (χ0n) is 8.86. The number of primary sulfonamides is 1. The average Bonchev–Trinajstić information content (AvgIpc) is 2.33. The third-order valence-electron chi connectivity index (χ3n) is 3.26. The summed E-state index contributed by atoms with van der Waals surface area (Å²) in [5.74, 6) is 1.40. The zero-order chi connectivity index (χ0) is 10.8. The highest BCUT2D eigenvalue weighted by Gasteiger charge is 2.29. The van der Waals surface area contributed by atoms with E-state index in [1.807, 2.05) is 0 Å². The summed E-state index contributed by atoms with van der Waals surface area (Å²) in [5.41, 5.74) is 0. The molecule has 1 saturated carbocycles. The Morgan fingerprint density at radius 2 is 2.00 bits per heavy atom. The van der Waals surface area contributed by atoms with E-state index in [1.54, 1.807) is 0 Å². The Hall–Kier alpha value is -0.130. The molecule has 0 saturated heterocycles. The van der Waals surface area contributed by atoms with Gasteiger partial charge in [0, 0.05) is 12.6 Å². The van der Waals surface area contributed by atoms with Crippen LogP contribution in [0.2, 0.25) is 0 Å². The van der Waals surface area contributed by atoms with Gasteiger partial charge in [0.15, 0.2) is 0 Å². The number of nitrogens with one attached hydrogen (secondary N) is 1. The Morgan fingerprint density at radius 1 is 1.36 bits per heavy atom. The van der Waals surface area contributed by atoms with Gasteiger partial charge in [-0.05, 0) is 24.7 Å². The minimum atomic E-state index is -3.31. The van der Waals surface area contributed by atoms with Crippen LogP contribution in [0, 0.1) is 11.8 Å². The molecule has 0 heterocycles. The van der Waals surface area contributed by atoms with E-state index < -0.39 is 10.0 Å². The van der Waals surface area contributed by atoms with Crippen molar-refractivity contribution in [2.75, 3.05) is 12.3 Å². The molecule has 1 aliphatic rings. The number of hydrogen-bond donors (Lipinski definition) is 2. The van der Waals surface area contributed by atoms with E-state index in [2.05, 4.69) is 19.2 Å². The van der Waals surface area contributed by atoms with Crippen LogP contribution in [0.25, 0.3) is 0 Å². The van der Waals surface area contributed by atoms with E-state index in [0.29, 0.717) is 18.5 Å². The van der Waals surface area contributed by atoms with Gasteiger partial charge in [-0.3, -0.25) is 0 Å². The number of nitrogens with two attached hydrogens (primary N) is 1. The van der Waals surface area contributed by atoms with Crippen LogP contribution < -0.4 is 10.5 Å². The van der Waals surface area contributed by atoms with Crippen molar-refractivity contribution in [2.45, 2.75) is 32.7 Å². The Balaban J connectivity index is 2.26. The lowest BCUT2D eigenvalue weighted by Gasteiger charge is -2.19. The van der Waals surface area contributed by atoms with E-state index in [9.17, 15) is 8.42 Å². The summed E-state index contributed by atoms with van der Waals surface area (Å²) in [5, 5.41) is 8.17. The van der Waals surface area contributed by atoms with E-state index in [1.165, 1.54) is 6.42 Å². The van der Waals surface area contributed by atoms with Gasteiger partial charge in [0.2, 0.25) is 10.0 Å². The Kier molecular flexibility index (Phi) is 3.92. The van der Waals surface area contributed by atoms with Crippen molar-refractivity contribution in [1.29, 1.82) is 0 Å². The highest BCUT2D eigenvalue weighted by molar-refractivity contribution is 7.89. The van der Waals surface area contributed by atoms with Crippen LogP contribution in [-0.4, -0.2) is 26.8 Å². The van der Waals surface area contributed by atoms with Crippen LogP contribution >= 0.6 is 0 Å². The number of sulfonamides is 1. The molecule has 3 N–H and O–H groups in total. The summed E-state index contributed by atoms with van der Waals surface area (Å²) in [7, 11) is -3.31. The minimum Gasteiger partial charge on any atom is -0.313 e. The summed E-state index contributed by atoms with van der Waals surface area (Å²) >= 11 is 0. The number of rotatable bonds is 4. The molecule has 0 aromatic heterocycles. The molecule has 0 amide bonds.